The van der Waals surface area contributed by atoms with Crippen LogP contribution in [0.2, 0.25) is 0 Å². The van der Waals surface area contributed by atoms with Crippen LogP contribution in [0.25, 0.3) is 0 Å². The van der Waals surface area contributed by atoms with Crippen molar-refractivity contribution >= 4 is 11.6 Å². The van der Waals surface area contributed by atoms with Crippen molar-refractivity contribution in [3.05, 3.63) is 24.3 Å². The van der Waals surface area contributed by atoms with E-state index in [0.717, 1.165) is 6.42 Å². The number of carbonyl (C=O) groups is 2. The van der Waals surface area contributed by atoms with Gasteiger partial charge < -0.3 is 14.2 Å². The van der Waals surface area contributed by atoms with Gasteiger partial charge >= 0.3 is 0 Å². The van der Waals surface area contributed by atoms with E-state index in [1.54, 1.807) is 13.2 Å². The normalized spacial score (nSPS) is 42.5. The zero-order valence-corrected chi connectivity index (χ0v) is 12.6. The summed E-state index contributed by atoms with van der Waals surface area (Å²) in [4.78, 5) is 24.9. The summed E-state index contributed by atoms with van der Waals surface area (Å²) in [5, 5.41) is 0. The molecule has 1 spiro atoms. The van der Waals surface area contributed by atoms with Crippen LogP contribution in [0, 0.1) is 23.7 Å². The van der Waals surface area contributed by atoms with Crippen LogP contribution in [0.1, 0.15) is 12.8 Å². The Morgan fingerprint density at radius 3 is 2.68 bits per heavy atom. The van der Waals surface area contributed by atoms with E-state index in [-0.39, 0.29) is 41.3 Å². The fraction of sp³-hybridized carbons (Fsp3) is 0.647. The number of hydrogen-bond acceptors (Lipinski definition) is 5. The second-order valence-corrected chi connectivity index (χ2v) is 6.48. The van der Waals surface area contributed by atoms with E-state index in [4.69, 9.17) is 14.2 Å². The molecule has 4 aliphatic rings. The first-order chi connectivity index (χ1) is 10.7. The molecule has 0 aromatic carbocycles. The van der Waals surface area contributed by atoms with Gasteiger partial charge in [-0.25, -0.2) is 0 Å². The fourth-order valence-electron chi connectivity index (χ4n) is 4.67. The second kappa shape index (κ2) is 5.11. The molecule has 1 aliphatic heterocycles. The van der Waals surface area contributed by atoms with Gasteiger partial charge in [0.05, 0.1) is 25.2 Å². The molecule has 0 bridgehead atoms. The highest BCUT2D eigenvalue weighted by Crippen LogP contribution is 2.54. The van der Waals surface area contributed by atoms with E-state index in [1.165, 1.54) is 6.08 Å². The first-order valence-corrected chi connectivity index (χ1v) is 7.89. The molecular weight excluding hydrogens is 284 g/mol. The van der Waals surface area contributed by atoms with Gasteiger partial charge in [0.1, 0.15) is 5.78 Å². The van der Waals surface area contributed by atoms with Gasteiger partial charge in [-0.15, -0.1) is 0 Å². The van der Waals surface area contributed by atoms with Crippen LogP contribution >= 0.6 is 0 Å². The third-order valence-corrected chi connectivity index (χ3v) is 5.55. The topological polar surface area (TPSA) is 61.8 Å². The number of carbonyl (C=O) groups excluding carboxylic acids is 2. The molecule has 5 heteroatoms. The summed E-state index contributed by atoms with van der Waals surface area (Å²) in [5.74, 6) is -1.53. The maximum Gasteiger partial charge on any atom is 0.176 e. The van der Waals surface area contributed by atoms with Crippen molar-refractivity contribution in [2.45, 2.75) is 24.7 Å². The van der Waals surface area contributed by atoms with Gasteiger partial charge in [0.25, 0.3) is 0 Å². The van der Waals surface area contributed by atoms with Crippen LogP contribution in [0.15, 0.2) is 24.3 Å². The molecule has 5 atom stereocenters. The van der Waals surface area contributed by atoms with Crippen molar-refractivity contribution in [3.63, 3.8) is 0 Å². The average Bonchev–Trinajstić information content (AvgIpc) is 3.03. The van der Waals surface area contributed by atoms with Gasteiger partial charge in [-0.05, 0) is 12.5 Å². The molecule has 5 nitrogen and oxygen atoms in total. The molecule has 4 rings (SSSR count). The SMILES string of the molecule is CO[C@H]1C=CC[C@@H]2[C@H]1C(=O)[C@H]1C=CC(=O)C[C@H]1C21OCCO1. The zero-order chi connectivity index (χ0) is 15.3. The number of ether oxygens (including phenoxy) is 3. The van der Waals surface area contributed by atoms with Crippen molar-refractivity contribution in [2.24, 2.45) is 23.7 Å². The standard InChI is InChI=1S/C17H20O5/c1-20-14-4-2-3-12-15(14)16(19)11-6-5-10(18)9-13(11)17(12)21-7-8-22-17/h2,4-6,11-15H,3,7-9H2,1H3/t11-,12+,13+,14-,15+/m0/s1. The average molecular weight is 304 g/mol. The third kappa shape index (κ3) is 1.82. The van der Waals surface area contributed by atoms with E-state index in [9.17, 15) is 9.59 Å². The molecule has 1 heterocycles. The van der Waals surface area contributed by atoms with E-state index in [2.05, 4.69) is 0 Å². The number of hydrogen-bond donors (Lipinski definition) is 0. The zero-order valence-electron chi connectivity index (χ0n) is 12.6. The molecule has 0 aromatic rings. The summed E-state index contributed by atoms with van der Waals surface area (Å²) < 4.78 is 17.6. The van der Waals surface area contributed by atoms with Crippen molar-refractivity contribution < 1.29 is 23.8 Å². The van der Waals surface area contributed by atoms with Crippen LogP contribution in [-0.4, -0.2) is 43.8 Å². The second-order valence-electron chi connectivity index (χ2n) is 6.48. The minimum absolute atomic E-state index is 0.0422. The summed E-state index contributed by atoms with van der Waals surface area (Å²) >= 11 is 0. The Bertz CT molecular complexity index is 557. The van der Waals surface area contributed by atoms with Gasteiger partial charge in [0.15, 0.2) is 11.6 Å². The third-order valence-electron chi connectivity index (χ3n) is 5.55. The molecule has 0 N–H and O–H groups in total. The summed E-state index contributed by atoms with van der Waals surface area (Å²) in [6.45, 7) is 1.03. The number of Topliss-reactive ketones (excluding diaryl/α,β-unsaturated/α-hetero) is 1. The molecule has 118 valence electrons. The number of rotatable bonds is 1. The van der Waals surface area contributed by atoms with Crippen LogP contribution < -0.4 is 0 Å². The number of fused-ring (bicyclic) bond motifs is 4. The first-order valence-electron chi connectivity index (χ1n) is 7.89. The Kier molecular flexibility index (Phi) is 3.33. The number of allylic oxidation sites excluding steroid dienone is 3. The van der Waals surface area contributed by atoms with Crippen molar-refractivity contribution in [1.82, 2.24) is 0 Å². The van der Waals surface area contributed by atoms with Crippen LogP contribution in [0.5, 0.6) is 0 Å². The lowest BCUT2D eigenvalue weighted by atomic mass is 9.57. The maximum atomic E-state index is 13.0. The van der Waals surface area contributed by atoms with Gasteiger partial charge in [0, 0.05) is 31.3 Å². The summed E-state index contributed by atoms with van der Waals surface area (Å²) in [5.41, 5.74) is 0. The molecule has 0 radical (unpaired) electrons. The Morgan fingerprint density at radius 2 is 1.95 bits per heavy atom. The first kappa shape index (κ1) is 14.3. The number of methoxy groups -OCH3 is 1. The maximum absolute atomic E-state index is 13.0. The predicted octanol–water partition coefficient (Wildman–Crippen LogP) is 1.28. The van der Waals surface area contributed by atoms with Crippen molar-refractivity contribution in [1.29, 1.82) is 0 Å². The van der Waals surface area contributed by atoms with E-state index >= 15 is 0 Å². The molecule has 0 aromatic heterocycles. The van der Waals surface area contributed by atoms with E-state index in [1.807, 2.05) is 12.2 Å². The molecule has 0 amide bonds. The largest absolute Gasteiger partial charge is 0.377 e. The van der Waals surface area contributed by atoms with Gasteiger partial charge in [-0.1, -0.05) is 18.2 Å². The monoisotopic (exact) mass is 304 g/mol. The van der Waals surface area contributed by atoms with Crippen LogP contribution in [0.4, 0.5) is 0 Å². The van der Waals surface area contributed by atoms with Gasteiger partial charge in [-0.3, -0.25) is 9.59 Å². The lowest BCUT2D eigenvalue weighted by Gasteiger charge is -2.53. The highest BCUT2D eigenvalue weighted by atomic mass is 16.7. The fourth-order valence-corrected chi connectivity index (χ4v) is 4.67. The van der Waals surface area contributed by atoms with Crippen molar-refractivity contribution in [3.8, 4) is 0 Å². The van der Waals surface area contributed by atoms with Gasteiger partial charge in [0.2, 0.25) is 0 Å². The summed E-state index contributed by atoms with van der Waals surface area (Å²) in [6.07, 6.45) is 8.06. The molecular formula is C17H20O5. The quantitative estimate of drug-likeness (QED) is 0.683. The Morgan fingerprint density at radius 1 is 1.18 bits per heavy atom. The minimum Gasteiger partial charge on any atom is -0.377 e. The molecule has 22 heavy (non-hydrogen) atoms. The van der Waals surface area contributed by atoms with E-state index in [0.29, 0.717) is 19.6 Å². The molecule has 0 unspecified atom stereocenters. The van der Waals surface area contributed by atoms with Crippen molar-refractivity contribution in [2.75, 3.05) is 20.3 Å². The molecule has 1 saturated heterocycles. The summed E-state index contributed by atoms with van der Waals surface area (Å²) in [7, 11) is 1.63. The molecule has 2 fully saturated rings. The number of ketones is 2. The van der Waals surface area contributed by atoms with Crippen LogP contribution in [0.3, 0.4) is 0 Å². The summed E-state index contributed by atoms with van der Waals surface area (Å²) in [6, 6.07) is 0. The highest BCUT2D eigenvalue weighted by Gasteiger charge is 2.64. The molecule has 1 saturated carbocycles. The minimum atomic E-state index is -0.828. The predicted molar refractivity (Wildman–Crippen MR) is 76.9 cm³/mol. The highest BCUT2D eigenvalue weighted by molar-refractivity contribution is 5.96. The Hall–Kier alpha value is -1.30. The lowest BCUT2D eigenvalue weighted by Crippen LogP contribution is -2.63. The molecule has 3 aliphatic carbocycles. The smallest absolute Gasteiger partial charge is 0.176 e. The van der Waals surface area contributed by atoms with Crippen LogP contribution in [-0.2, 0) is 23.8 Å². The van der Waals surface area contributed by atoms with E-state index < -0.39 is 5.79 Å². The lowest BCUT2D eigenvalue weighted by molar-refractivity contribution is -0.266. The van der Waals surface area contributed by atoms with Gasteiger partial charge in [-0.2, -0.15) is 0 Å². The Labute approximate surface area is 129 Å². The Balaban J connectivity index is 1.82.